The minimum Gasteiger partial charge on any atom is -0.481 e. The molecule has 0 aliphatic heterocycles. The summed E-state index contributed by atoms with van der Waals surface area (Å²) in [7, 11) is 0. The Morgan fingerprint density at radius 2 is 1.71 bits per heavy atom. The van der Waals surface area contributed by atoms with Crippen LogP contribution >= 0.6 is 0 Å². The van der Waals surface area contributed by atoms with Gasteiger partial charge in [0, 0.05) is 6.42 Å². The summed E-state index contributed by atoms with van der Waals surface area (Å²) < 4.78 is 0. The maximum Gasteiger partial charge on any atom is 0.303 e. The highest BCUT2D eigenvalue weighted by molar-refractivity contribution is 5.66. The van der Waals surface area contributed by atoms with Crippen molar-refractivity contribution in [2.24, 2.45) is 5.92 Å². The van der Waals surface area contributed by atoms with Crippen molar-refractivity contribution in [1.82, 2.24) is 0 Å². The van der Waals surface area contributed by atoms with Gasteiger partial charge in [-0.15, -0.1) is 0 Å². The van der Waals surface area contributed by atoms with Crippen LogP contribution in [0.25, 0.3) is 0 Å². The largest absolute Gasteiger partial charge is 0.481 e. The highest BCUT2D eigenvalue weighted by Crippen LogP contribution is 2.40. The molecule has 0 aromatic heterocycles. The van der Waals surface area contributed by atoms with Crippen molar-refractivity contribution in [3.63, 3.8) is 0 Å². The topological polar surface area (TPSA) is 37.3 Å². The first kappa shape index (κ1) is 16.1. The third-order valence-electron chi connectivity index (χ3n) is 4.85. The van der Waals surface area contributed by atoms with E-state index >= 15 is 0 Å². The summed E-state index contributed by atoms with van der Waals surface area (Å²) in [5, 5.41) is 8.63. The van der Waals surface area contributed by atoms with Crippen molar-refractivity contribution < 1.29 is 9.90 Å². The Kier molecular flexibility index (Phi) is 6.78. The smallest absolute Gasteiger partial charge is 0.303 e. The zero-order valence-electron chi connectivity index (χ0n) is 13.0. The monoisotopic (exact) mass is 288 g/mol. The molecule has 0 amide bonds. The lowest BCUT2D eigenvalue weighted by molar-refractivity contribution is -0.137. The van der Waals surface area contributed by atoms with E-state index in [4.69, 9.17) is 5.11 Å². The molecule has 2 nitrogen and oxygen atoms in total. The maximum atomic E-state index is 10.5. The summed E-state index contributed by atoms with van der Waals surface area (Å²) in [6.07, 6.45) is 11.4. The summed E-state index contributed by atoms with van der Waals surface area (Å²) in [5.74, 6) is 0.922. The Bertz CT molecular complexity index is 413. The first-order valence-corrected chi connectivity index (χ1v) is 8.54. The number of unbranched alkanes of at least 4 members (excludes halogenated alkanes) is 3. The molecule has 1 saturated carbocycles. The number of aliphatic carboxylic acids is 1. The van der Waals surface area contributed by atoms with Gasteiger partial charge in [-0.3, -0.25) is 4.79 Å². The molecule has 0 saturated heterocycles. The van der Waals surface area contributed by atoms with Gasteiger partial charge in [-0.1, -0.05) is 62.4 Å². The van der Waals surface area contributed by atoms with E-state index in [2.05, 4.69) is 30.3 Å². The molecule has 1 N–H and O–H groups in total. The van der Waals surface area contributed by atoms with Crippen LogP contribution in [0.3, 0.4) is 0 Å². The summed E-state index contributed by atoms with van der Waals surface area (Å²) in [6.45, 7) is 0. The Morgan fingerprint density at radius 1 is 1.00 bits per heavy atom. The summed E-state index contributed by atoms with van der Waals surface area (Å²) in [6, 6.07) is 11.0. The number of carboxylic acids is 1. The van der Waals surface area contributed by atoms with E-state index in [1.54, 1.807) is 0 Å². The van der Waals surface area contributed by atoms with Crippen LogP contribution < -0.4 is 0 Å². The molecule has 2 rings (SSSR count). The molecule has 21 heavy (non-hydrogen) atoms. The SMILES string of the molecule is O=C(O)CCCCCC[C@H]1CCCC[C@H]1c1ccccc1. The average Bonchev–Trinajstić information content (AvgIpc) is 2.52. The summed E-state index contributed by atoms with van der Waals surface area (Å²) >= 11 is 0. The van der Waals surface area contributed by atoms with Gasteiger partial charge >= 0.3 is 5.97 Å². The fraction of sp³-hybridized carbons (Fsp3) is 0.632. The van der Waals surface area contributed by atoms with Crippen molar-refractivity contribution in [2.45, 2.75) is 70.1 Å². The molecular formula is C19H28O2. The number of benzene rings is 1. The Morgan fingerprint density at radius 3 is 2.48 bits per heavy atom. The van der Waals surface area contributed by atoms with E-state index in [0.29, 0.717) is 6.42 Å². The van der Waals surface area contributed by atoms with Crippen LogP contribution in [-0.4, -0.2) is 11.1 Å². The third kappa shape index (κ3) is 5.53. The van der Waals surface area contributed by atoms with E-state index in [1.807, 2.05) is 0 Å². The second-order valence-electron chi connectivity index (χ2n) is 6.41. The van der Waals surface area contributed by atoms with Gasteiger partial charge in [0.1, 0.15) is 0 Å². The average molecular weight is 288 g/mol. The molecule has 1 aliphatic rings. The highest BCUT2D eigenvalue weighted by Gasteiger charge is 2.25. The van der Waals surface area contributed by atoms with Gasteiger partial charge in [-0.05, 0) is 43.1 Å². The van der Waals surface area contributed by atoms with Crippen molar-refractivity contribution in [2.75, 3.05) is 0 Å². The number of rotatable bonds is 8. The lowest BCUT2D eigenvalue weighted by atomic mass is 9.73. The molecule has 2 atom stereocenters. The van der Waals surface area contributed by atoms with E-state index < -0.39 is 5.97 Å². The molecule has 0 spiro atoms. The highest BCUT2D eigenvalue weighted by atomic mass is 16.4. The van der Waals surface area contributed by atoms with Gasteiger partial charge in [0.15, 0.2) is 0 Å². The molecule has 1 aromatic rings. The Labute approximate surface area is 128 Å². The molecule has 1 fully saturated rings. The predicted molar refractivity (Wildman–Crippen MR) is 86.5 cm³/mol. The maximum absolute atomic E-state index is 10.5. The quantitative estimate of drug-likeness (QED) is 0.651. The van der Waals surface area contributed by atoms with Gasteiger partial charge in [0.05, 0.1) is 0 Å². The van der Waals surface area contributed by atoms with Crippen LogP contribution in [0, 0.1) is 5.92 Å². The summed E-state index contributed by atoms with van der Waals surface area (Å²) in [4.78, 5) is 10.5. The second kappa shape index (κ2) is 8.86. The molecule has 0 unspecified atom stereocenters. The normalized spacial score (nSPS) is 22.1. The molecule has 0 heterocycles. The summed E-state index contributed by atoms with van der Waals surface area (Å²) in [5.41, 5.74) is 1.52. The first-order chi connectivity index (χ1) is 10.3. The standard InChI is InChI=1S/C19H28O2/c20-19(21)15-7-2-1-4-10-17-13-8-9-14-18(17)16-11-5-3-6-12-16/h3,5-6,11-12,17-18H,1-2,4,7-10,13-15H2,(H,20,21)/t17-,18-/m0/s1. The van der Waals surface area contributed by atoms with Crippen LogP contribution in [0.2, 0.25) is 0 Å². The fourth-order valence-electron chi connectivity index (χ4n) is 3.73. The van der Waals surface area contributed by atoms with Crippen LogP contribution in [0.1, 0.15) is 75.7 Å². The fourth-order valence-corrected chi connectivity index (χ4v) is 3.73. The van der Waals surface area contributed by atoms with Gasteiger partial charge < -0.3 is 5.11 Å². The molecule has 2 heteroatoms. The predicted octanol–water partition coefficient (Wildman–Crippen LogP) is 5.39. The van der Waals surface area contributed by atoms with Gasteiger partial charge in [0.2, 0.25) is 0 Å². The van der Waals surface area contributed by atoms with Crippen molar-refractivity contribution in [3.05, 3.63) is 35.9 Å². The van der Waals surface area contributed by atoms with Gasteiger partial charge in [0.25, 0.3) is 0 Å². The minimum absolute atomic E-state index is 0.329. The first-order valence-electron chi connectivity index (χ1n) is 8.54. The number of carbonyl (C=O) groups is 1. The molecule has 1 aromatic carbocycles. The molecule has 0 radical (unpaired) electrons. The number of carboxylic acid groups (broad SMARTS) is 1. The zero-order chi connectivity index (χ0) is 14.9. The lowest BCUT2D eigenvalue weighted by Crippen LogP contribution is -2.17. The molecule has 0 bridgehead atoms. The Balaban J connectivity index is 1.74. The van der Waals surface area contributed by atoms with Crippen molar-refractivity contribution in [1.29, 1.82) is 0 Å². The minimum atomic E-state index is -0.661. The lowest BCUT2D eigenvalue weighted by Gasteiger charge is -2.32. The van der Waals surface area contributed by atoms with Crippen LogP contribution in [-0.2, 0) is 4.79 Å². The van der Waals surface area contributed by atoms with E-state index in [9.17, 15) is 4.79 Å². The van der Waals surface area contributed by atoms with Crippen molar-refractivity contribution >= 4 is 5.97 Å². The van der Waals surface area contributed by atoms with Gasteiger partial charge in [-0.2, -0.15) is 0 Å². The number of hydrogen-bond donors (Lipinski definition) is 1. The zero-order valence-corrected chi connectivity index (χ0v) is 13.0. The number of hydrogen-bond acceptors (Lipinski definition) is 1. The second-order valence-corrected chi connectivity index (χ2v) is 6.41. The molecule has 1 aliphatic carbocycles. The van der Waals surface area contributed by atoms with Gasteiger partial charge in [-0.25, -0.2) is 0 Å². The molecular weight excluding hydrogens is 260 g/mol. The van der Waals surface area contributed by atoms with E-state index in [0.717, 1.165) is 24.7 Å². The van der Waals surface area contributed by atoms with Crippen LogP contribution in [0.5, 0.6) is 0 Å². The Hall–Kier alpha value is -1.31. The van der Waals surface area contributed by atoms with Crippen molar-refractivity contribution in [3.8, 4) is 0 Å². The third-order valence-corrected chi connectivity index (χ3v) is 4.85. The van der Waals surface area contributed by atoms with Crippen LogP contribution in [0.4, 0.5) is 0 Å². The molecule has 116 valence electrons. The van der Waals surface area contributed by atoms with E-state index in [-0.39, 0.29) is 0 Å². The van der Waals surface area contributed by atoms with Crippen LogP contribution in [0.15, 0.2) is 30.3 Å². The van der Waals surface area contributed by atoms with E-state index in [1.165, 1.54) is 50.5 Å².